The fourth-order valence-electron chi connectivity index (χ4n) is 1.48. The second-order valence-corrected chi connectivity index (χ2v) is 4.85. The molecule has 98 valence electrons. The zero-order valence-electron chi connectivity index (χ0n) is 9.91. The smallest absolute Gasteiger partial charge is 0.360 e. The van der Waals surface area contributed by atoms with Crippen LogP contribution in [0.4, 0.5) is 0 Å². The van der Waals surface area contributed by atoms with Crippen LogP contribution in [0.25, 0.3) is 5.69 Å². The minimum atomic E-state index is -1.13. The molecule has 0 unspecified atom stereocenters. The van der Waals surface area contributed by atoms with Crippen molar-refractivity contribution in [2.24, 2.45) is 0 Å². The molecule has 0 spiro atoms. The Bertz CT molecular complexity index is 608. The molecule has 6 heteroatoms. The third-order valence-electron chi connectivity index (χ3n) is 2.29. The lowest BCUT2D eigenvalue weighted by atomic mass is 10.3. The zero-order chi connectivity index (χ0) is 13.8. The summed E-state index contributed by atoms with van der Waals surface area (Å²) in [4.78, 5) is 11.1. The number of benzene rings is 1. The van der Waals surface area contributed by atoms with Crippen molar-refractivity contribution >= 4 is 21.9 Å². The van der Waals surface area contributed by atoms with E-state index in [4.69, 9.17) is 9.84 Å². The fraction of sp³-hybridized carbons (Fsp3) is 0.0769. The van der Waals surface area contributed by atoms with Crippen LogP contribution in [0.2, 0.25) is 0 Å². The summed E-state index contributed by atoms with van der Waals surface area (Å²) >= 11 is 3.15. The highest BCUT2D eigenvalue weighted by Crippen LogP contribution is 2.21. The molecule has 0 amide bonds. The van der Waals surface area contributed by atoms with E-state index >= 15 is 0 Å². The number of aromatic carboxylic acids is 1. The highest BCUT2D eigenvalue weighted by Gasteiger charge is 2.18. The number of hydrogen-bond donors (Lipinski definition) is 1. The standard InChI is InChI=1S/C13H11BrN2O3/c1-9(14)8-19-11-7-16(15-12(11)13(17)18)10-5-3-2-4-6-10/h2-7H,1,8H2,(H,17,18). The molecule has 1 N–H and O–H groups in total. The van der Waals surface area contributed by atoms with Gasteiger partial charge in [0.05, 0.1) is 11.9 Å². The van der Waals surface area contributed by atoms with Crippen LogP contribution in [0.1, 0.15) is 10.5 Å². The Balaban J connectivity index is 2.35. The van der Waals surface area contributed by atoms with Gasteiger partial charge in [-0.15, -0.1) is 0 Å². The summed E-state index contributed by atoms with van der Waals surface area (Å²) in [6.45, 7) is 3.81. The predicted molar refractivity (Wildman–Crippen MR) is 74.1 cm³/mol. The van der Waals surface area contributed by atoms with Gasteiger partial charge in [0, 0.05) is 4.48 Å². The van der Waals surface area contributed by atoms with E-state index in [0.717, 1.165) is 5.69 Å². The number of carbonyl (C=O) groups is 1. The molecule has 2 rings (SSSR count). The second-order valence-electron chi connectivity index (χ2n) is 3.73. The molecule has 19 heavy (non-hydrogen) atoms. The Kier molecular flexibility index (Phi) is 4.01. The number of carboxylic acids is 1. The van der Waals surface area contributed by atoms with Crippen LogP contribution in [0.3, 0.4) is 0 Å². The fourth-order valence-corrected chi connectivity index (χ4v) is 1.60. The van der Waals surface area contributed by atoms with E-state index < -0.39 is 5.97 Å². The van der Waals surface area contributed by atoms with Crippen LogP contribution >= 0.6 is 15.9 Å². The third-order valence-corrected chi connectivity index (χ3v) is 2.52. The molecule has 0 saturated heterocycles. The molecule has 0 aliphatic carbocycles. The maximum absolute atomic E-state index is 11.1. The van der Waals surface area contributed by atoms with Gasteiger partial charge < -0.3 is 9.84 Å². The molecule has 1 aromatic carbocycles. The number of ether oxygens (including phenoxy) is 1. The molecule has 5 nitrogen and oxygen atoms in total. The van der Waals surface area contributed by atoms with E-state index in [2.05, 4.69) is 27.6 Å². The molecular formula is C13H11BrN2O3. The van der Waals surface area contributed by atoms with E-state index in [1.165, 1.54) is 10.9 Å². The van der Waals surface area contributed by atoms with Crippen LogP contribution in [-0.2, 0) is 0 Å². The molecule has 2 aromatic rings. The average molecular weight is 323 g/mol. The van der Waals surface area contributed by atoms with Gasteiger partial charge in [0.1, 0.15) is 6.61 Å². The monoisotopic (exact) mass is 322 g/mol. The van der Waals surface area contributed by atoms with E-state index in [1.54, 1.807) is 0 Å². The zero-order valence-corrected chi connectivity index (χ0v) is 11.5. The van der Waals surface area contributed by atoms with Crippen LogP contribution in [0.15, 0.2) is 47.6 Å². The predicted octanol–water partition coefficient (Wildman–Crippen LogP) is 2.86. The molecule has 0 bridgehead atoms. The van der Waals surface area contributed by atoms with Gasteiger partial charge in [-0.25, -0.2) is 9.48 Å². The van der Waals surface area contributed by atoms with Crippen molar-refractivity contribution in [3.05, 3.63) is 53.3 Å². The van der Waals surface area contributed by atoms with Crippen LogP contribution in [0.5, 0.6) is 5.75 Å². The number of hydrogen-bond acceptors (Lipinski definition) is 3. The Morgan fingerprint density at radius 1 is 1.42 bits per heavy atom. The number of halogens is 1. The van der Waals surface area contributed by atoms with Crippen molar-refractivity contribution < 1.29 is 14.6 Å². The first-order valence-electron chi connectivity index (χ1n) is 5.42. The molecule has 0 fully saturated rings. The summed E-state index contributed by atoms with van der Waals surface area (Å²) in [6.07, 6.45) is 1.54. The molecule has 0 atom stereocenters. The normalized spacial score (nSPS) is 10.2. The van der Waals surface area contributed by atoms with Gasteiger partial charge in [0.2, 0.25) is 5.69 Å². The lowest BCUT2D eigenvalue weighted by Gasteiger charge is -2.01. The van der Waals surface area contributed by atoms with Crippen molar-refractivity contribution in [3.63, 3.8) is 0 Å². The molecule has 0 aliphatic heterocycles. The van der Waals surface area contributed by atoms with Crippen LogP contribution in [-0.4, -0.2) is 27.5 Å². The first-order valence-corrected chi connectivity index (χ1v) is 6.21. The van der Waals surface area contributed by atoms with Crippen molar-refractivity contribution in [1.82, 2.24) is 9.78 Å². The second kappa shape index (κ2) is 5.71. The summed E-state index contributed by atoms with van der Waals surface area (Å²) in [6, 6.07) is 9.21. The first kappa shape index (κ1) is 13.4. The number of rotatable bonds is 5. The summed E-state index contributed by atoms with van der Waals surface area (Å²) < 4.78 is 7.44. The van der Waals surface area contributed by atoms with Crippen molar-refractivity contribution in [3.8, 4) is 11.4 Å². The van der Waals surface area contributed by atoms with E-state index in [9.17, 15) is 4.79 Å². The van der Waals surface area contributed by atoms with Gasteiger partial charge in [0.25, 0.3) is 0 Å². The number of carboxylic acid groups (broad SMARTS) is 1. The SMILES string of the molecule is C=C(Br)COc1cn(-c2ccccc2)nc1C(=O)O. The number of aromatic nitrogens is 2. The average Bonchev–Trinajstić information content (AvgIpc) is 2.81. The van der Waals surface area contributed by atoms with Gasteiger partial charge in [-0.2, -0.15) is 5.10 Å². The molecular weight excluding hydrogens is 312 g/mol. The summed E-state index contributed by atoms with van der Waals surface area (Å²) in [7, 11) is 0. The highest BCUT2D eigenvalue weighted by molar-refractivity contribution is 9.11. The molecule has 0 radical (unpaired) electrons. The van der Waals surface area contributed by atoms with Crippen molar-refractivity contribution in [1.29, 1.82) is 0 Å². The molecule has 1 aromatic heterocycles. The number of nitrogens with zero attached hydrogens (tertiary/aromatic N) is 2. The van der Waals surface area contributed by atoms with E-state index in [-0.39, 0.29) is 18.1 Å². The lowest BCUT2D eigenvalue weighted by molar-refractivity contribution is 0.0686. The van der Waals surface area contributed by atoms with Crippen molar-refractivity contribution in [2.45, 2.75) is 0 Å². The summed E-state index contributed by atoms with van der Waals surface area (Å²) in [5.41, 5.74) is 0.634. The van der Waals surface area contributed by atoms with Crippen LogP contribution < -0.4 is 4.74 Å². The summed E-state index contributed by atoms with van der Waals surface area (Å²) in [5.74, 6) is -0.929. The van der Waals surface area contributed by atoms with Crippen LogP contribution in [0, 0.1) is 0 Å². The van der Waals surface area contributed by atoms with Gasteiger partial charge in [-0.1, -0.05) is 40.7 Å². The van der Waals surface area contributed by atoms with E-state index in [1.807, 2.05) is 30.3 Å². The minimum absolute atomic E-state index is 0.127. The number of para-hydroxylation sites is 1. The first-order chi connectivity index (χ1) is 9.08. The lowest BCUT2D eigenvalue weighted by Crippen LogP contribution is -2.03. The highest BCUT2D eigenvalue weighted by atomic mass is 79.9. The van der Waals surface area contributed by atoms with E-state index in [0.29, 0.717) is 4.48 Å². The topological polar surface area (TPSA) is 64.4 Å². The Morgan fingerprint density at radius 2 is 2.11 bits per heavy atom. The van der Waals surface area contributed by atoms with Crippen molar-refractivity contribution in [2.75, 3.05) is 6.61 Å². The molecule has 0 saturated carbocycles. The maximum Gasteiger partial charge on any atom is 0.360 e. The van der Waals surface area contributed by atoms with Gasteiger partial charge in [-0.3, -0.25) is 0 Å². The molecule has 1 heterocycles. The van der Waals surface area contributed by atoms with Gasteiger partial charge >= 0.3 is 5.97 Å². The Labute approximate surface area is 118 Å². The largest absolute Gasteiger partial charge is 0.484 e. The maximum atomic E-state index is 11.1. The quantitative estimate of drug-likeness (QED) is 0.919. The minimum Gasteiger partial charge on any atom is -0.484 e. The Hall–Kier alpha value is -2.08. The summed E-state index contributed by atoms with van der Waals surface area (Å²) in [5, 5.41) is 13.1. The Morgan fingerprint density at radius 3 is 2.68 bits per heavy atom. The third kappa shape index (κ3) is 3.23. The van der Waals surface area contributed by atoms with Gasteiger partial charge in [-0.05, 0) is 12.1 Å². The van der Waals surface area contributed by atoms with Gasteiger partial charge in [0.15, 0.2) is 5.75 Å². The molecule has 0 aliphatic rings.